The van der Waals surface area contributed by atoms with Crippen molar-refractivity contribution in [1.29, 1.82) is 0 Å². The van der Waals surface area contributed by atoms with Crippen LogP contribution in [0.25, 0.3) is 5.82 Å². The van der Waals surface area contributed by atoms with Crippen LogP contribution >= 0.6 is 58.0 Å². The highest BCUT2D eigenvalue weighted by atomic mass is 35.5. The SMILES string of the molecule is Cc1nc(Nc2c(Cl)cc(Cl)cc2Cl)c(Cl)c(-n2nc(C)c(Cl)c2C)n1. The number of nitrogens with zero attached hydrogens (tertiary/aromatic N) is 4. The van der Waals surface area contributed by atoms with Crippen molar-refractivity contribution < 1.29 is 0 Å². The Kier molecular flexibility index (Phi) is 5.56. The van der Waals surface area contributed by atoms with E-state index >= 15 is 0 Å². The van der Waals surface area contributed by atoms with Crippen LogP contribution in [0.1, 0.15) is 17.2 Å². The van der Waals surface area contributed by atoms with Crippen molar-refractivity contribution in [2.24, 2.45) is 0 Å². The van der Waals surface area contributed by atoms with E-state index in [2.05, 4.69) is 20.4 Å². The molecule has 0 spiro atoms. The molecule has 0 aliphatic rings. The Hall–Kier alpha value is -1.24. The Bertz CT molecular complexity index is 992. The van der Waals surface area contributed by atoms with Gasteiger partial charge < -0.3 is 5.32 Å². The van der Waals surface area contributed by atoms with Gasteiger partial charge in [-0.3, -0.25) is 0 Å². The van der Waals surface area contributed by atoms with Crippen molar-refractivity contribution in [2.45, 2.75) is 20.8 Å². The summed E-state index contributed by atoms with van der Waals surface area (Å²) in [6, 6.07) is 3.14. The molecule has 0 radical (unpaired) electrons. The van der Waals surface area contributed by atoms with E-state index < -0.39 is 0 Å². The molecule has 1 N–H and O–H groups in total. The molecule has 0 aliphatic heterocycles. The van der Waals surface area contributed by atoms with Crippen molar-refractivity contribution in [3.05, 3.63) is 54.5 Å². The Morgan fingerprint density at radius 3 is 2.04 bits per heavy atom. The lowest BCUT2D eigenvalue weighted by Crippen LogP contribution is -2.08. The van der Waals surface area contributed by atoms with Gasteiger partial charge in [0.05, 0.1) is 32.1 Å². The number of aryl methyl sites for hydroxylation is 2. The second kappa shape index (κ2) is 7.41. The van der Waals surface area contributed by atoms with Crippen LogP contribution in [-0.4, -0.2) is 19.7 Å². The molecular formula is C16H12Cl5N5. The van der Waals surface area contributed by atoms with Gasteiger partial charge in [0, 0.05) is 5.02 Å². The highest BCUT2D eigenvalue weighted by Gasteiger charge is 2.19. The zero-order chi connectivity index (χ0) is 19.2. The van der Waals surface area contributed by atoms with Crippen molar-refractivity contribution in [1.82, 2.24) is 19.7 Å². The van der Waals surface area contributed by atoms with E-state index in [4.69, 9.17) is 58.0 Å². The summed E-state index contributed by atoms with van der Waals surface area (Å²) in [6.07, 6.45) is 0. The zero-order valence-corrected chi connectivity index (χ0v) is 17.6. The standard InChI is InChI=1S/C16H12Cl5N5/c1-6-12(20)7(2)26(25-6)16-13(21)15(22-8(3)23-16)24-14-10(18)4-9(17)5-11(14)19/h4-5H,1-3H3,(H,22,23,24). The fourth-order valence-electron chi connectivity index (χ4n) is 2.38. The van der Waals surface area contributed by atoms with E-state index in [0.717, 1.165) is 5.69 Å². The lowest BCUT2D eigenvalue weighted by atomic mass is 10.3. The first kappa shape index (κ1) is 19.5. The summed E-state index contributed by atoms with van der Waals surface area (Å²) in [5.41, 5.74) is 1.84. The molecule has 10 heteroatoms. The predicted molar refractivity (Wildman–Crippen MR) is 108 cm³/mol. The normalized spacial score (nSPS) is 11.1. The average molecular weight is 452 g/mol. The average Bonchev–Trinajstić information content (AvgIpc) is 2.81. The molecular weight excluding hydrogens is 439 g/mol. The third kappa shape index (κ3) is 3.59. The predicted octanol–water partition coefficient (Wildman–Crippen LogP) is 6.60. The van der Waals surface area contributed by atoms with Gasteiger partial charge in [-0.05, 0) is 32.9 Å². The molecule has 0 saturated heterocycles. The van der Waals surface area contributed by atoms with Crippen LogP contribution in [0.2, 0.25) is 25.1 Å². The molecule has 0 atom stereocenters. The van der Waals surface area contributed by atoms with E-state index in [-0.39, 0.29) is 5.02 Å². The maximum Gasteiger partial charge on any atom is 0.178 e. The van der Waals surface area contributed by atoms with E-state index in [1.807, 2.05) is 6.92 Å². The summed E-state index contributed by atoms with van der Waals surface area (Å²) in [4.78, 5) is 8.73. The van der Waals surface area contributed by atoms with Crippen molar-refractivity contribution in [3.63, 3.8) is 0 Å². The second-order valence-corrected chi connectivity index (χ2v) is 7.53. The monoisotopic (exact) mass is 449 g/mol. The van der Waals surface area contributed by atoms with Crippen LogP contribution in [0, 0.1) is 20.8 Å². The minimum absolute atomic E-state index is 0.250. The van der Waals surface area contributed by atoms with Crippen LogP contribution in [0.4, 0.5) is 11.5 Å². The zero-order valence-electron chi connectivity index (χ0n) is 13.8. The van der Waals surface area contributed by atoms with E-state index in [9.17, 15) is 0 Å². The van der Waals surface area contributed by atoms with Crippen LogP contribution < -0.4 is 5.32 Å². The number of benzene rings is 1. The van der Waals surface area contributed by atoms with Crippen LogP contribution in [0.5, 0.6) is 0 Å². The van der Waals surface area contributed by atoms with Gasteiger partial charge in [-0.2, -0.15) is 5.10 Å². The third-order valence-electron chi connectivity index (χ3n) is 3.60. The Balaban J connectivity index is 2.13. The molecule has 26 heavy (non-hydrogen) atoms. The molecule has 0 fully saturated rings. The largest absolute Gasteiger partial charge is 0.336 e. The van der Waals surface area contributed by atoms with Crippen LogP contribution in [0.3, 0.4) is 0 Å². The van der Waals surface area contributed by atoms with Gasteiger partial charge in [-0.1, -0.05) is 58.0 Å². The van der Waals surface area contributed by atoms with Gasteiger partial charge in [0.15, 0.2) is 11.6 Å². The molecule has 0 unspecified atom stereocenters. The molecule has 3 aromatic rings. The molecule has 2 aromatic heterocycles. The van der Waals surface area contributed by atoms with Crippen molar-refractivity contribution in [3.8, 4) is 5.82 Å². The Labute approximate surface area is 175 Å². The van der Waals surface area contributed by atoms with Crippen molar-refractivity contribution >= 4 is 69.5 Å². The summed E-state index contributed by atoms with van der Waals surface area (Å²) in [6.45, 7) is 5.37. The number of halogens is 5. The maximum absolute atomic E-state index is 6.53. The van der Waals surface area contributed by atoms with Crippen LogP contribution in [-0.2, 0) is 0 Å². The molecule has 5 nitrogen and oxygen atoms in total. The van der Waals surface area contributed by atoms with Crippen LogP contribution in [0.15, 0.2) is 12.1 Å². The third-order valence-corrected chi connectivity index (χ3v) is 5.31. The summed E-state index contributed by atoms with van der Waals surface area (Å²) >= 11 is 31.2. The van der Waals surface area contributed by atoms with Gasteiger partial charge in [-0.15, -0.1) is 0 Å². The van der Waals surface area contributed by atoms with Crippen molar-refractivity contribution in [2.75, 3.05) is 5.32 Å². The lowest BCUT2D eigenvalue weighted by molar-refractivity contribution is 0.794. The minimum atomic E-state index is 0.250. The molecule has 0 saturated carbocycles. The van der Waals surface area contributed by atoms with E-state index in [0.29, 0.717) is 48.9 Å². The second-order valence-electron chi connectivity index (χ2n) is 5.52. The number of anilines is 2. The summed E-state index contributed by atoms with van der Waals surface area (Å²) in [5, 5.41) is 9.34. The lowest BCUT2D eigenvalue weighted by Gasteiger charge is -2.14. The number of hydrogen-bond donors (Lipinski definition) is 1. The van der Waals surface area contributed by atoms with Gasteiger partial charge in [0.25, 0.3) is 0 Å². The topological polar surface area (TPSA) is 55.6 Å². The van der Waals surface area contributed by atoms with E-state index in [1.165, 1.54) is 0 Å². The number of nitrogens with one attached hydrogen (secondary N) is 1. The molecule has 1 aromatic carbocycles. The molecule has 0 bridgehead atoms. The molecule has 0 aliphatic carbocycles. The quantitative estimate of drug-likeness (QED) is 0.488. The Morgan fingerprint density at radius 2 is 1.50 bits per heavy atom. The first-order valence-electron chi connectivity index (χ1n) is 7.36. The highest BCUT2D eigenvalue weighted by Crippen LogP contribution is 2.38. The fourth-order valence-corrected chi connectivity index (χ4v) is 3.62. The number of aromatic nitrogens is 4. The molecule has 0 amide bonds. The first-order chi connectivity index (χ1) is 12.2. The molecule has 3 rings (SSSR count). The molecule has 2 heterocycles. The summed E-state index contributed by atoms with van der Waals surface area (Å²) < 4.78 is 1.57. The van der Waals surface area contributed by atoms with Gasteiger partial charge >= 0.3 is 0 Å². The smallest absolute Gasteiger partial charge is 0.178 e. The molecule has 136 valence electrons. The number of hydrogen-bond acceptors (Lipinski definition) is 4. The minimum Gasteiger partial charge on any atom is -0.336 e. The van der Waals surface area contributed by atoms with Gasteiger partial charge in [-0.25, -0.2) is 14.6 Å². The van der Waals surface area contributed by atoms with E-state index in [1.54, 1.807) is 30.7 Å². The van der Waals surface area contributed by atoms with Gasteiger partial charge in [0.2, 0.25) is 0 Å². The Morgan fingerprint density at radius 1 is 0.885 bits per heavy atom. The highest BCUT2D eigenvalue weighted by molar-refractivity contribution is 6.42. The fraction of sp³-hybridized carbons (Fsp3) is 0.188. The summed E-state index contributed by atoms with van der Waals surface area (Å²) in [5.74, 6) is 1.22. The summed E-state index contributed by atoms with van der Waals surface area (Å²) in [7, 11) is 0. The first-order valence-corrected chi connectivity index (χ1v) is 9.25. The van der Waals surface area contributed by atoms with Gasteiger partial charge in [0.1, 0.15) is 10.8 Å². The number of rotatable bonds is 3. The maximum atomic E-state index is 6.53.